The molecule has 0 aliphatic carbocycles. The summed E-state index contributed by atoms with van der Waals surface area (Å²) < 4.78 is 10.6. The predicted octanol–water partition coefficient (Wildman–Crippen LogP) is 3.84. The summed E-state index contributed by atoms with van der Waals surface area (Å²) >= 11 is 1.23. The van der Waals surface area contributed by atoms with Gasteiger partial charge in [0.15, 0.2) is 10.8 Å². The number of urea groups is 1. The predicted molar refractivity (Wildman–Crippen MR) is 87.9 cm³/mol. The molecule has 0 saturated heterocycles. The molecule has 7 nitrogen and oxygen atoms in total. The number of benzene rings is 1. The maximum Gasteiger partial charge on any atom is 0.325 e. The topological polar surface area (TPSA) is 89.3 Å². The molecule has 1 aromatic carbocycles. The zero-order valence-electron chi connectivity index (χ0n) is 12.3. The van der Waals surface area contributed by atoms with Crippen molar-refractivity contribution in [3.8, 4) is 16.5 Å². The Bertz CT molecular complexity index is 768. The minimum Gasteiger partial charge on any atom is -0.494 e. The Morgan fingerprint density at radius 1 is 1.22 bits per heavy atom. The fraction of sp³-hybridized carbons (Fsp3) is 0.133. The van der Waals surface area contributed by atoms with Crippen molar-refractivity contribution in [2.45, 2.75) is 6.92 Å². The van der Waals surface area contributed by atoms with E-state index >= 15 is 0 Å². The van der Waals surface area contributed by atoms with Gasteiger partial charge in [-0.2, -0.15) is 0 Å². The Kier molecular flexibility index (Phi) is 4.53. The van der Waals surface area contributed by atoms with Crippen LogP contribution >= 0.6 is 11.3 Å². The Labute approximate surface area is 136 Å². The summed E-state index contributed by atoms with van der Waals surface area (Å²) in [5.74, 6) is 1.37. The quantitative estimate of drug-likeness (QED) is 0.742. The SMILES string of the molecule is CCOc1ccc(NC(=O)Nc2nnc(-c3ccco3)s2)cc1. The molecule has 3 rings (SSSR count). The highest BCUT2D eigenvalue weighted by molar-refractivity contribution is 7.18. The Morgan fingerprint density at radius 3 is 2.74 bits per heavy atom. The number of aromatic nitrogens is 2. The van der Waals surface area contributed by atoms with Crippen molar-refractivity contribution in [3.05, 3.63) is 42.7 Å². The normalized spacial score (nSPS) is 10.3. The number of nitrogens with zero attached hydrogens (tertiary/aromatic N) is 2. The van der Waals surface area contributed by atoms with Crippen LogP contribution in [0.15, 0.2) is 47.1 Å². The summed E-state index contributed by atoms with van der Waals surface area (Å²) in [7, 11) is 0. The number of amides is 2. The molecule has 23 heavy (non-hydrogen) atoms. The molecule has 3 aromatic rings. The molecule has 0 radical (unpaired) electrons. The number of carbonyl (C=O) groups excluding carboxylic acids is 1. The van der Waals surface area contributed by atoms with E-state index in [-0.39, 0.29) is 0 Å². The number of furan rings is 1. The minimum atomic E-state index is -0.392. The van der Waals surface area contributed by atoms with Crippen LogP contribution in [0.5, 0.6) is 5.75 Å². The van der Waals surface area contributed by atoms with E-state index < -0.39 is 6.03 Å². The van der Waals surface area contributed by atoms with Crippen LogP contribution in [-0.2, 0) is 0 Å². The second-order valence-corrected chi connectivity index (χ2v) is 5.40. The average Bonchev–Trinajstić information content (AvgIpc) is 3.20. The van der Waals surface area contributed by atoms with Crippen LogP contribution in [0.3, 0.4) is 0 Å². The molecule has 0 unspecified atom stereocenters. The highest BCUT2D eigenvalue weighted by Crippen LogP contribution is 2.26. The molecule has 0 aliphatic heterocycles. The van der Waals surface area contributed by atoms with Crippen molar-refractivity contribution in [1.82, 2.24) is 10.2 Å². The summed E-state index contributed by atoms with van der Waals surface area (Å²) in [6.07, 6.45) is 1.56. The summed E-state index contributed by atoms with van der Waals surface area (Å²) in [4.78, 5) is 12.0. The van der Waals surface area contributed by atoms with Crippen molar-refractivity contribution in [2.75, 3.05) is 17.2 Å². The van der Waals surface area contributed by atoms with Crippen LogP contribution in [0.1, 0.15) is 6.92 Å². The summed E-state index contributed by atoms with van der Waals surface area (Å²) in [6, 6.07) is 10.3. The van der Waals surface area contributed by atoms with Gasteiger partial charge in [0.2, 0.25) is 5.13 Å². The molecule has 2 heterocycles. The van der Waals surface area contributed by atoms with Gasteiger partial charge < -0.3 is 14.5 Å². The zero-order valence-corrected chi connectivity index (χ0v) is 13.1. The third-order valence-electron chi connectivity index (χ3n) is 2.80. The molecule has 0 aliphatic rings. The monoisotopic (exact) mass is 330 g/mol. The molecule has 0 saturated carbocycles. The average molecular weight is 330 g/mol. The van der Waals surface area contributed by atoms with E-state index in [1.54, 1.807) is 42.7 Å². The van der Waals surface area contributed by atoms with Crippen LogP contribution in [0, 0.1) is 0 Å². The molecule has 0 bridgehead atoms. The summed E-state index contributed by atoms with van der Waals surface area (Å²) in [6.45, 7) is 2.51. The number of hydrogen-bond donors (Lipinski definition) is 2. The van der Waals surface area contributed by atoms with Crippen molar-refractivity contribution in [3.63, 3.8) is 0 Å². The molecule has 0 spiro atoms. The van der Waals surface area contributed by atoms with Crippen molar-refractivity contribution < 1.29 is 13.9 Å². The van der Waals surface area contributed by atoms with Gasteiger partial charge in [0, 0.05) is 5.69 Å². The first-order valence-corrected chi connectivity index (χ1v) is 7.74. The molecule has 8 heteroatoms. The molecule has 0 atom stereocenters. The van der Waals surface area contributed by atoms with Crippen LogP contribution in [0.4, 0.5) is 15.6 Å². The second kappa shape index (κ2) is 6.93. The van der Waals surface area contributed by atoms with Crippen molar-refractivity contribution >= 4 is 28.2 Å². The Morgan fingerprint density at radius 2 is 2.04 bits per heavy atom. The molecule has 2 aromatic heterocycles. The van der Waals surface area contributed by atoms with E-state index in [9.17, 15) is 4.79 Å². The van der Waals surface area contributed by atoms with E-state index in [0.717, 1.165) is 5.75 Å². The lowest BCUT2D eigenvalue weighted by molar-refractivity contribution is 0.262. The van der Waals surface area contributed by atoms with E-state index in [2.05, 4.69) is 20.8 Å². The number of anilines is 2. The number of rotatable bonds is 5. The van der Waals surface area contributed by atoms with Crippen LogP contribution in [0.25, 0.3) is 10.8 Å². The maximum atomic E-state index is 12.0. The van der Waals surface area contributed by atoms with E-state index in [4.69, 9.17) is 9.15 Å². The largest absolute Gasteiger partial charge is 0.494 e. The minimum absolute atomic E-state index is 0.389. The molecule has 2 N–H and O–H groups in total. The molecular formula is C15H14N4O3S. The molecule has 2 amide bonds. The van der Waals surface area contributed by atoms with Gasteiger partial charge in [-0.3, -0.25) is 5.32 Å². The van der Waals surface area contributed by atoms with Gasteiger partial charge >= 0.3 is 6.03 Å². The Hall–Kier alpha value is -2.87. The molecule has 0 fully saturated rings. The van der Waals surface area contributed by atoms with Crippen LogP contribution < -0.4 is 15.4 Å². The lowest BCUT2D eigenvalue weighted by Gasteiger charge is -2.06. The van der Waals surface area contributed by atoms with Crippen LogP contribution in [0.2, 0.25) is 0 Å². The fourth-order valence-corrected chi connectivity index (χ4v) is 2.54. The fourth-order valence-electron chi connectivity index (χ4n) is 1.83. The standard InChI is InChI=1S/C15H14N4O3S/c1-2-21-11-7-5-10(6-8-11)16-14(20)17-15-19-18-13(23-15)12-4-3-9-22-12/h3-9H,2H2,1H3,(H2,16,17,19,20). The third kappa shape index (κ3) is 3.86. The number of hydrogen-bond acceptors (Lipinski definition) is 6. The summed E-state index contributed by atoms with van der Waals surface area (Å²) in [5.41, 5.74) is 0.654. The second-order valence-electron chi connectivity index (χ2n) is 4.43. The van der Waals surface area contributed by atoms with Crippen molar-refractivity contribution in [1.29, 1.82) is 0 Å². The van der Waals surface area contributed by atoms with Crippen LogP contribution in [-0.4, -0.2) is 22.8 Å². The first-order chi connectivity index (χ1) is 11.2. The smallest absolute Gasteiger partial charge is 0.325 e. The van der Waals surface area contributed by atoms with Gasteiger partial charge in [-0.05, 0) is 43.3 Å². The zero-order chi connectivity index (χ0) is 16.1. The maximum absolute atomic E-state index is 12.0. The lowest BCUT2D eigenvalue weighted by Crippen LogP contribution is -2.19. The number of nitrogens with one attached hydrogen (secondary N) is 2. The highest BCUT2D eigenvalue weighted by Gasteiger charge is 2.11. The number of carbonyl (C=O) groups is 1. The molecular weight excluding hydrogens is 316 g/mol. The summed E-state index contributed by atoms with van der Waals surface area (Å²) in [5, 5.41) is 14.2. The van der Waals surface area contributed by atoms with E-state index in [1.165, 1.54) is 11.3 Å². The van der Waals surface area contributed by atoms with Gasteiger partial charge in [0.05, 0.1) is 12.9 Å². The molecule has 118 valence electrons. The lowest BCUT2D eigenvalue weighted by atomic mass is 10.3. The first-order valence-electron chi connectivity index (χ1n) is 6.93. The van der Waals surface area contributed by atoms with Gasteiger partial charge in [0.25, 0.3) is 0 Å². The van der Waals surface area contributed by atoms with E-state index in [1.807, 2.05) is 6.92 Å². The van der Waals surface area contributed by atoms with Crippen molar-refractivity contribution in [2.24, 2.45) is 0 Å². The number of ether oxygens (including phenoxy) is 1. The van der Waals surface area contributed by atoms with Gasteiger partial charge in [-0.25, -0.2) is 4.79 Å². The third-order valence-corrected chi connectivity index (χ3v) is 3.65. The Balaban J connectivity index is 1.59. The van der Waals surface area contributed by atoms with Gasteiger partial charge in [0.1, 0.15) is 5.75 Å². The van der Waals surface area contributed by atoms with Gasteiger partial charge in [-0.1, -0.05) is 11.3 Å². The van der Waals surface area contributed by atoms with E-state index in [0.29, 0.717) is 28.2 Å². The van der Waals surface area contributed by atoms with Gasteiger partial charge in [-0.15, -0.1) is 10.2 Å². The first kappa shape index (κ1) is 15.0. The highest BCUT2D eigenvalue weighted by atomic mass is 32.1.